The number of hydrogen-bond donors (Lipinski definition) is 3. The van der Waals surface area contributed by atoms with Crippen LogP contribution >= 0.6 is 0 Å². The molecule has 0 unspecified atom stereocenters. The molecule has 0 bridgehead atoms. The zero-order valence-electron chi connectivity index (χ0n) is 19.4. The Labute approximate surface area is 195 Å². The van der Waals surface area contributed by atoms with Crippen molar-refractivity contribution in [3.05, 3.63) is 65.0 Å². The first kappa shape index (κ1) is 23.0. The number of hydrogen-bond acceptors (Lipinski definition) is 4. The van der Waals surface area contributed by atoms with Gasteiger partial charge >= 0.3 is 0 Å². The molecule has 1 heterocycles. The molecular formula is C26H34N6O. The third kappa shape index (κ3) is 5.09. The van der Waals surface area contributed by atoms with E-state index in [0.29, 0.717) is 24.7 Å². The van der Waals surface area contributed by atoms with E-state index in [1.807, 2.05) is 54.4 Å². The van der Waals surface area contributed by atoms with Crippen molar-refractivity contribution in [3.63, 3.8) is 0 Å². The number of fused-ring (bicyclic) bond motifs is 1. The Balaban J connectivity index is 1.51. The predicted molar refractivity (Wildman–Crippen MR) is 133 cm³/mol. The minimum Gasteiger partial charge on any atom is -0.384 e. The zero-order valence-corrected chi connectivity index (χ0v) is 19.4. The van der Waals surface area contributed by atoms with E-state index in [-0.39, 0.29) is 11.7 Å². The number of rotatable bonds is 8. The maximum Gasteiger partial charge on any atom is 0.254 e. The maximum absolute atomic E-state index is 13.4. The minimum atomic E-state index is 0.0621. The van der Waals surface area contributed by atoms with Crippen LogP contribution in [-0.2, 0) is 19.9 Å². The van der Waals surface area contributed by atoms with Crippen molar-refractivity contribution >= 4 is 22.8 Å². The first-order valence-electron chi connectivity index (χ1n) is 11.9. The van der Waals surface area contributed by atoms with Gasteiger partial charge in [-0.15, -0.1) is 0 Å². The molecule has 0 atom stereocenters. The van der Waals surface area contributed by atoms with Crippen molar-refractivity contribution in [1.29, 1.82) is 5.41 Å². The molecule has 1 aliphatic carbocycles. The molecular weight excluding hydrogens is 412 g/mol. The summed E-state index contributed by atoms with van der Waals surface area (Å²) >= 11 is 0. The van der Waals surface area contributed by atoms with Crippen LogP contribution in [0.1, 0.15) is 59.4 Å². The van der Waals surface area contributed by atoms with Crippen LogP contribution < -0.4 is 11.5 Å². The van der Waals surface area contributed by atoms with Gasteiger partial charge in [0, 0.05) is 43.7 Å². The number of amides is 1. The molecule has 0 spiro atoms. The molecule has 2 aromatic carbocycles. The van der Waals surface area contributed by atoms with Gasteiger partial charge in [-0.1, -0.05) is 43.5 Å². The van der Waals surface area contributed by atoms with Crippen molar-refractivity contribution in [1.82, 2.24) is 14.5 Å². The normalized spacial score (nSPS) is 14.5. The fourth-order valence-electron chi connectivity index (χ4n) is 4.86. The molecule has 1 saturated carbocycles. The molecule has 174 valence electrons. The standard InChI is InChI=1S/C26H34N6O/c1-31-23-13-12-20(26(33)32(16-15-27)21-5-3-2-4-6-21)17-22(23)30-24(31)14-9-18-7-10-19(11-8-18)25(28)29/h7-8,10-13,17,21H,2-6,9,14-16,27H2,1H3,(H3,28,29). The Morgan fingerprint density at radius 1 is 1.09 bits per heavy atom. The molecule has 5 N–H and O–H groups in total. The number of imidazole rings is 1. The fraction of sp³-hybridized carbons (Fsp3) is 0.423. The van der Waals surface area contributed by atoms with Gasteiger partial charge < -0.3 is 20.9 Å². The molecule has 1 fully saturated rings. The van der Waals surface area contributed by atoms with Crippen LogP contribution in [0.5, 0.6) is 0 Å². The number of carbonyl (C=O) groups is 1. The first-order valence-corrected chi connectivity index (χ1v) is 11.9. The van der Waals surface area contributed by atoms with Crippen molar-refractivity contribution in [3.8, 4) is 0 Å². The van der Waals surface area contributed by atoms with Gasteiger partial charge in [-0.3, -0.25) is 10.2 Å². The van der Waals surface area contributed by atoms with Crippen molar-refractivity contribution in [2.24, 2.45) is 18.5 Å². The fourth-order valence-corrected chi connectivity index (χ4v) is 4.86. The maximum atomic E-state index is 13.4. The monoisotopic (exact) mass is 446 g/mol. The SMILES string of the molecule is Cn1c(CCc2ccc(C(=N)N)cc2)nc2cc(C(=O)N(CCN)C3CCCCC3)ccc21. The Bertz CT molecular complexity index is 1130. The largest absolute Gasteiger partial charge is 0.384 e. The van der Waals surface area contributed by atoms with Crippen molar-refractivity contribution in [2.45, 2.75) is 51.0 Å². The number of nitrogens with zero attached hydrogens (tertiary/aromatic N) is 3. The van der Waals surface area contributed by atoms with Gasteiger partial charge in [-0.05, 0) is 43.0 Å². The number of nitrogens with two attached hydrogens (primary N) is 2. The highest BCUT2D eigenvalue weighted by molar-refractivity contribution is 5.97. The lowest BCUT2D eigenvalue weighted by Crippen LogP contribution is -2.44. The van der Waals surface area contributed by atoms with Gasteiger partial charge in [-0.2, -0.15) is 0 Å². The topological polar surface area (TPSA) is 114 Å². The number of benzene rings is 2. The summed E-state index contributed by atoms with van der Waals surface area (Å²) < 4.78 is 2.10. The minimum absolute atomic E-state index is 0.0621. The average Bonchev–Trinajstić information content (AvgIpc) is 3.16. The summed E-state index contributed by atoms with van der Waals surface area (Å²) in [6.07, 6.45) is 7.37. The van der Waals surface area contributed by atoms with Crippen molar-refractivity contribution in [2.75, 3.05) is 13.1 Å². The number of aromatic nitrogens is 2. The molecule has 1 aliphatic rings. The number of nitrogen functional groups attached to an aromatic ring is 1. The molecule has 0 saturated heterocycles. The van der Waals surface area contributed by atoms with Crippen LogP contribution in [0.25, 0.3) is 11.0 Å². The zero-order chi connectivity index (χ0) is 23.4. The van der Waals surface area contributed by atoms with E-state index in [4.69, 9.17) is 21.9 Å². The number of carbonyl (C=O) groups excluding carboxylic acids is 1. The lowest BCUT2D eigenvalue weighted by Gasteiger charge is -2.34. The molecule has 1 amide bonds. The molecule has 33 heavy (non-hydrogen) atoms. The Kier molecular flexibility index (Phi) is 7.08. The van der Waals surface area contributed by atoms with E-state index in [2.05, 4.69) is 4.57 Å². The molecule has 7 nitrogen and oxygen atoms in total. The molecule has 0 aliphatic heterocycles. The molecule has 0 radical (unpaired) electrons. The van der Waals surface area contributed by atoms with Gasteiger partial charge in [0.25, 0.3) is 5.91 Å². The van der Waals surface area contributed by atoms with E-state index in [1.54, 1.807) is 0 Å². The third-order valence-electron chi connectivity index (χ3n) is 6.77. The summed E-state index contributed by atoms with van der Waals surface area (Å²) in [6, 6.07) is 13.9. The van der Waals surface area contributed by atoms with Crippen LogP contribution in [0.3, 0.4) is 0 Å². The van der Waals surface area contributed by atoms with Gasteiger partial charge in [0.05, 0.1) is 11.0 Å². The summed E-state index contributed by atoms with van der Waals surface area (Å²) in [4.78, 5) is 20.2. The van der Waals surface area contributed by atoms with E-state index in [1.165, 1.54) is 24.8 Å². The molecule has 4 rings (SSSR count). The Morgan fingerprint density at radius 2 is 1.79 bits per heavy atom. The van der Waals surface area contributed by atoms with Gasteiger partial charge in [-0.25, -0.2) is 4.98 Å². The van der Waals surface area contributed by atoms with Crippen LogP contribution in [0.15, 0.2) is 42.5 Å². The Morgan fingerprint density at radius 3 is 2.45 bits per heavy atom. The van der Waals surface area contributed by atoms with Crippen molar-refractivity contribution < 1.29 is 4.79 Å². The van der Waals surface area contributed by atoms with Crippen LogP contribution in [-0.4, -0.2) is 45.3 Å². The van der Waals surface area contributed by atoms with Gasteiger partial charge in [0.1, 0.15) is 11.7 Å². The lowest BCUT2D eigenvalue weighted by atomic mass is 9.93. The van der Waals surface area contributed by atoms with Crippen LogP contribution in [0.4, 0.5) is 0 Å². The second-order valence-corrected chi connectivity index (χ2v) is 8.98. The Hall–Kier alpha value is -3.19. The summed E-state index contributed by atoms with van der Waals surface area (Å²) in [6.45, 7) is 1.07. The number of amidine groups is 1. The number of aryl methyl sites for hydroxylation is 3. The second-order valence-electron chi connectivity index (χ2n) is 8.98. The van der Waals surface area contributed by atoms with Crippen LogP contribution in [0, 0.1) is 5.41 Å². The summed E-state index contributed by atoms with van der Waals surface area (Å²) in [5.41, 5.74) is 15.8. The lowest BCUT2D eigenvalue weighted by molar-refractivity contribution is 0.0642. The highest BCUT2D eigenvalue weighted by atomic mass is 16.2. The summed E-state index contributed by atoms with van der Waals surface area (Å²) in [5, 5.41) is 7.52. The van der Waals surface area contributed by atoms with Crippen LogP contribution in [0.2, 0.25) is 0 Å². The van der Waals surface area contributed by atoms with E-state index in [9.17, 15) is 4.79 Å². The number of nitrogens with one attached hydrogen (secondary N) is 1. The molecule has 1 aromatic heterocycles. The second kappa shape index (κ2) is 10.2. The van der Waals surface area contributed by atoms with E-state index >= 15 is 0 Å². The summed E-state index contributed by atoms with van der Waals surface area (Å²) in [5.74, 6) is 1.12. The van der Waals surface area contributed by atoms with Gasteiger partial charge in [0.2, 0.25) is 0 Å². The van der Waals surface area contributed by atoms with Gasteiger partial charge in [0.15, 0.2) is 0 Å². The summed E-state index contributed by atoms with van der Waals surface area (Å²) in [7, 11) is 2.02. The molecule has 7 heteroatoms. The van der Waals surface area contributed by atoms with E-state index < -0.39 is 0 Å². The quantitative estimate of drug-likeness (QED) is 0.363. The van der Waals surface area contributed by atoms with E-state index in [0.717, 1.165) is 48.1 Å². The molecule has 3 aromatic rings. The highest BCUT2D eigenvalue weighted by Gasteiger charge is 2.26. The first-order chi connectivity index (χ1) is 16.0. The average molecular weight is 447 g/mol. The third-order valence-corrected chi connectivity index (χ3v) is 6.77. The smallest absolute Gasteiger partial charge is 0.254 e. The highest BCUT2D eigenvalue weighted by Crippen LogP contribution is 2.25. The predicted octanol–water partition coefficient (Wildman–Crippen LogP) is 3.38.